The third-order valence-corrected chi connectivity index (χ3v) is 3.32. The number of pyridine rings is 2. The highest BCUT2D eigenvalue weighted by molar-refractivity contribution is 5.47. The fourth-order valence-electron chi connectivity index (χ4n) is 2.28. The molecule has 0 saturated carbocycles. The molecule has 3 N–H and O–H groups in total. The average molecular weight is 270 g/mol. The molecule has 0 aliphatic carbocycles. The SMILES string of the molecule is CCCNC(c1cc(C)cnc1N)c1ncccc1C. The standard InChI is InChI=1S/C16H22N4/c1-4-7-18-15(14-12(3)6-5-8-19-14)13-9-11(2)10-20-16(13)17/h5-6,8-10,15,18H,4,7H2,1-3H3,(H2,17,20). The van der Waals surface area contributed by atoms with Crippen molar-refractivity contribution >= 4 is 5.82 Å². The highest BCUT2D eigenvalue weighted by atomic mass is 15.0. The largest absolute Gasteiger partial charge is 0.383 e. The molecule has 4 nitrogen and oxygen atoms in total. The van der Waals surface area contributed by atoms with Crippen molar-refractivity contribution in [2.45, 2.75) is 33.2 Å². The first-order valence-corrected chi connectivity index (χ1v) is 7.00. The Kier molecular flexibility index (Phi) is 4.69. The van der Waals surface area contributed by atoms with Crippen LogP contribution in [0.4, 0.5) is 5.82 Å². The van der Waals surface area contributed by atoms with E-state index in [2.05, 4.69) is 41.3 Å². The predicted octanol–water partition coefficient (Wildman–Crippen LogP) is 2.76. The maximum absolute atomic E-state index is 6.07. The molecule has 106 valence electrons. The Bertz CT molecular complexity index is 580. The van der Waals surface area contributed by atoms with Crippen LogP contribution in [0.3, 0.4) is 0 Å². The second-order valence-corrected chi connectivity index (χ2v) is 5.08. The molecule has 0 bridgehead atoms. The monoisotopic (exact) mass is 270 g/mol. The number of hydrogen-bond donors (Lipinski definition) is 2. The first-order valence-electron chi connectivity index (χ1n) is 7.00. The van der Waals surface area contributed by atoms with Crippen molar-refractivity contribution in [3.8, 4) is 0 Å². The number of hydrogen-bond acceptors (Lipinski definition) is 4. The molecule has 20 heavy (non-hydrogen) atoms. The van der Waals surface area contributed by atoms with E-state index >= 15 is 0 Å². The quantitative estimate of drug-likeness (QED) is 0.877. The van der Waals surface area contributed by atoms with E-state index in [0.29, 0.717) is 5.82 Å². The summed E-state index contributed by atoms with van der Waals surface area (Å²) in [4.78, 5) is 8.81. The highest BCUT2D eigenvalue weighted by Gasteiger charge is 2.19. The molecule has 0 aliphatic heterocycles. The van der Waals surface area contributed by atoms with Gasteiger partial charge in [0.05, 0.1) is 11.7 Å². The Morgan fingerprint density at radius 2 is 2.10 bits per heavy atom. The molecule has 0 aliphatic rings. The zero-order valence-corrected chi connectivity index (χ0v) is 12.4. The van der Waals surface area contributed by atoms with Crippen LogP contribution in [-0.4, -0.2) is 16.5 Å². The molecule has 0 fully saturated rings. The van der Waals surface area contributed by atoms with E-state index in [1.54, 1.807) is 6.20 Å². The Balaban J connectivity index is 2.47. The molecule has 1 unspecified atom stereocenters. The minimum absolute atomic E-state index is 0.0106. The molecular formula is C16H22N4. The van der Waals surface area contributed by atoms with Gasteiger partial charge in [0.1, 0.15) is 5.82 Å². The number of anilines is 1. The smallest absolute Gasteiger partial charge is 0.128 e. The topological polar surface area (TPSA) is 63.8 Å². The van der Waals surface area contributed by atoms with Crippen molar-refractivity contribution in [1.82, 2.24) is 15.3 Å². The van der Waals surface area contributed by atoms with Crippen molar-refractivity contribution in [3.63, 3.8) is 0 Å². The van der Waals surface area contributed by atoms with E-state index in [0.717, 1.165) is 35.3 Å². The van der Waals surface area contributed by atoms with Crippen molar-refractivity contribution in [2.24, 2.45) is 0 Å². The Morgan fingerprint density at radius 1 is 1.30 bits per heavy atom. The number of nitrogen functional groups attached to an aromatic ring is 1. The average Bonchev–Trinajstić information content (AvgIpc) is 2.44. The maximum atomic E-state index is 6.07. The molecule has 0 spiro atoms. The van der Waals surface area contributed by atoms with Gasteiger partial charge in [0.15, 0.2) is 0 Å². The van der Waals surface area contributed by atoms with Crippen LogP contribution in [0, 0.1) is 13.8 Å². The van der Waals surface area contributed by atoms with Crippen molar-refractivity contribution in [1.29, 1.82) is 0 Å². The van der Waals surface area contributed by atoms with Crippen LogP contribution in [-0.2, 0) is 0 Å². The first kappa shape index (κ1) is 14.5. The van der Waals surface area contributed by atoms with Crippen LogP contribution in [0.1, 0.15) is 41.8 Å². The normalized spacial score (nSPS) is 12.3. The lowest BCUT2D eigenvalue weighted by Gasteiger charge is -2.21. The van der Waals surface area contributed by atoms with Crippen LogP contribution >= 0.6 is 0 Å². The number of nitrogens with one attached hydrogen (secondary N) is 1. The molecule has 0 amide bonds. The van der Waals surface area contributed by atoms with Gasteiger partial charge in [-0.3, -0.25) is 4.98 Å². The van der Waals surface area contributed by atoms with Gasteiger partial charge >= 0.3 is 0 Å². The summed E-state index contributed by atoms with van der Waals surface area (Å²) in [6, 6.07) is 6.10. The summed E-state index contributed by atoms with van der Waals surface area (Å²) >= 11 is 0. The van der Waals surface area contributed by atoms with Crippen LogP contribution in [0.25, 0.3) is 0 Å². The number of rotatable bonds is 5. The molecule has 0 aromatic carbocycles. The summed E-state index contributed by atoms with van der Waals surface area (Å²) in [5.41, 5.74) is 10.3. The molecule has 1 atom stereocenters. The number of nitrogens with two attached hydrogens (primary N) is 1. The lowest BCUT2D eigenvalue weighted by Crippen LogP contribution is -2.26. The van der Waals surface area contributed by atoms with Gasteiger partial charge in [0, 0.05) is 18.0 Å². The third kappa shape index (κ3) is 3.14. The molecule has 4 heteroatoms. The zero-order chi connectivity index (χ0) is 14.5. The maximum Gasteiger partial charge on any atom is 0.128 e. The summed E-state index contributed by atoms with van der Waals surface area (Å²) < 4.78 is 0. The Labute approximate surface area is 120 Å². The lowest BCUT2D eigenvalue weighted by atomic mass is 9.99. The van der Waals surface area contributed by atoms with E-state index in [1.165, 1.54) is 0 Å². The van der Waals surface area contributed by atoms with Crippen LogP contribution in [0.15, 0.2) is 30.6 Å². The number of aryl methyl sites for hydroxylation is 2. The van der Waals surface area contributed by atoms with E-state index in [-0.39, 0.29) is 6.04 Å². The lowest BCUT2D eigenvalue weighted by molar-refractivity contribution is 0.583. The van der Waals surface area contributed by atoms with Gasteiger partial charge in [-0.2, -0.15) is 0 Å². The second-order valence-electron chi connectivity index (χ2n) is 5.08. The van der Waals surface area contributed by atoms with Gasteiger partial charge in [-0.05, 0) is 50.1 Å². The predicted molar refractivity (Wildman–Crippen MR) is 82.5 cm³/mol. The summed E-state index contributed by atoms with van der Waals surface area (Å²) in [6.07, 6.45) is 4.67. The van der Waals surface area contributed by atoms with Gasteiger partial charge in [-0.25, -0.2) is 4.98 Å². The molecule has 2 aromatic heterocycles. The molecular weight excluding hydrogens is 248 g/mol. The molecule has 2 aromatic rings. The molecule has 0 saturated heterocycles. The first-order chi connectivity index (χ1) is 9.63. The number of aromatic nitrogens is 2. The van der Waals surface area contributed by atoms with Crippen LogP contribution in [0.2, 0.25) is 0 Å². The van der Waals surface area contributed by atoms with Crippen LogP contribution in [0.5, 0.6) is 0 Å². The fraction of sp³-hybridized carbons (Fsp3) is 0.375. The summed E-state index contributed by atoms with van der Waals surface area (Å²) in [5, 5.41) is 3.53. The van der Waals surface area contributed by atoms with E-state index in [9.17, 15) is 0 Å². The Morgan fingerprint density at radius 3 is 2.80 bits per heavy atom. The Hall–Kier alpha value is -1.94. The minimum atomic E-state index is -0.0106. The summed E-state index contributed by atoms with van der Waals surface area (Å²) in [5.74, 6) is 0.564. The van der Waals surface area contributed by atoms with Crippen molar-refractivity contribution < 1.29 is 0 Å². The molecule has 2 rings (SSSR count). The van der Waals surface area contributed by atoms with Gasteiger partial charge in [0.25, 0.3) is 0 Å². The van der Waals surface area contributed by atoms with Gasteiger partial charge < -0.3 is 11.1 Å². The molecule has 0 radical (unpaired) electrons. The third-order valence-electron chi connectivity index (χ3n) is 3.32. The zero-order valence-electron chi connectivity index (χ0n) is 12.4. The van der Waals surface area contributed by atoms with E-state index in [1.807, 2.05) is 19.2 Å². The van der Waals surface area contributed by atoms with Crippen molar-refractivity contribution in [3.05, 3.63) is 53.0 Å². The summed E-state index contributed by atoms with van der Waals surface area (Å²) in [6.45, 7) is 7.15. The van der Waals surface area contributed by atoms with Gasteiger partial charge in [0.2, 0.25) is 0 Å². The van der Waals surface area contributed by atoms with E-state index < -0.39 is 0 Å². The van der Waals surface area contributed by atoms with Crippen molar-refractivity contribution in [2.75, 3.05) is 12.3 Å². The minimum Gasteiger partial charge on any atom is -0.383 e. The second kappa shape index (κ2) is 6.48. The van der Waals surface area contributed by atoms with Crippen LogP contribution < -0.4 is 11.1 Å². The fourth-order valence-corrected chi connectivity index (χ4v) is 2.28. The summed E-state index contributed by atoms with van der Waals surface area (Å²) in [7, 11) is 0. The highest BCUT2D eigenvalue weighted by Crippen LogP contribution is 2.27. The van der Waals surface area contributed by atoms with Gasteiger partial charge in [-0.1, -0.05) is 13.0 Å². The van der Waals surface area contributed by atoms with E-state index in [4.69, 9.17) is 5.73 Å². The number of nitrogens with zero attached hydrogens (tertiary/aromatic N) is 2. The molecule has 2 heterocycles. The van der Waals surface area contributed by atoms with Gasteiger partial charge in [-0.15, -0.1) is 0 Å².